The van der Waals surface area contributed by atoms with Crippen LogP contribution in [-0.2, 0) is 5.60 Å². The van der Waals surface area contributed by atoms with Gasteiger partial charge in [-0.3, -0.25) is 0 Å². The molecule has 1 N–H and O–H groups in total. The normalized spacial score (nSPS) is 12.9. The van der Waals surface area contributed by atoms with Gasteiger partial charge in [0.05, 0.1) is 7.11 Å². The second-order valence-corrected chi connectivity index (χ2v) is 6.00. The standard InChI is InChI=1S/C24H19FO2/c1-27-23-13-9-21(10-14-23)24(26,17-15-19-5-3-2-4-6-19)18-16-20-7-11-22(25)12-8-20/h2-14,16,18,26H,1H3/b18-16+. The van der Waals surface area contributed by atoms with Crippen LogP contribution in [0.15, 0.2) is 84.9 Å². The SMILES string of the molecule is COc1ccc(C(O)(C#Cc2ccccc2)/C=C/c2ccc(F)cc2)cc1. The zero-order chi connectivity index (χ0) is 19.1. The molecule has 0 spiro atoms. The Hall–Kier alpha value is -3.35. The Kier molecular flexibility index (Phi) is 5.71. The second kappa shape index (κ2) is 8.35. The van der Waals surface area contributed by atoms with Gasteiger partial charge in [0.15, 0.2) is 5.60 Å². The van der Waals surface area contributed by atoms with Gasteiger partial charge in [-0.2, -0.15) is 0 Å². The van der Waals surface area contributed by atoms with E-state index in [1.165, 1.54) is 12.1 Å². The monoisotopic (exact) mass is 358 g/mol. The smallest absolute Gasteiger partial charge is 0.170 e. The van der Waals surface area contributed by atoms with Crippen molar-refractivity contribution in [2.45, 2.75) is 5.60 Å². The molecule has 0 aromatic heterocycles. The summed E-state index contributed by atoms with van der Waals surface area (Å²) in [6.45, 7) is 0. The Morgan fingerprint density at radius 1 is 0.926 bits per heavy atom. The van der Waals surface area contributed by atoms with Gasteiger partial charge in [-0.25, -0.2) is 4.39 Å². The molecule has 0 radical (unpaired) electrons. The van der Waals surface area contributed by atoms with Gasteiger partial charge in [0.2, 0.25) is 0 Å². The molecular weight excluding hydrogens is 339 g/mol. The number of hydrogen-bond acceptors (Lipinski definition) is 2. The quantitative estimate of drug-likeness (QED) is 0.680. The van der Waals surface area contributed by atoms with Crippen molar-refractivity contribution in [1.82, 2.24) is 0 Å². The topological polar surface area (TPSA) is 29.5 Å². The van der Waals surface area contributed by atoms with Crippen LogP contribution in [-0.4, -0.2) is 12.2 Å². The Labute approximate surface area is 158 Å². The van der Waals surface area contributed by atoms with E-state index in [-0.39, 0.29) is 5.82 Å². The summed E-state index contributed by atoms with van der Waals surface area (Å²) < 4.78 is 18.3. The van der Waals surface area contributed by atoms with E-state index in [0.29, 0.717) is 11.3 Å². The number of methoxy groups -OCH3 is 1. The molecule has 2 nitrogen and oxygen atoms in total. The van der Waals surface area contributed by atoms with Crippen LogP contribution in [0.1, 0.15) is 16.7 Å². The lowest BCUT2D eigenvalue weighted by Gasteiger charge is -2.19. The molecule has 0 amide bonds. The number of rotatable bonds is 4. The van der Waals surface area contributed by atoms with Crippen LogP contribution in [0.4, 0.5) is 4.39 Å². The molecule has 0 saturated carbocycles. The van der Waals surface area contributed by atoms with Crippen LogP contribution in [0.5, 0.6) is 5.75 Å². The van der Waals surface area contributed by atoms with Crippen molar-refractivity contribution in [3.63, 3.8) is 0 Å². The van der Waals surface area contributed by atoms with Crippen LogP contribution in [0, 0.1) is 17.7 Å². The summed E-state index contributed by atoms with van der Waals surface area (Å²) in [7, 11) is 1.59. The number of benzene rings is 3. The highest BCUT2D eigenvalue weighted by atomic mass is 19.1. The van der Waals surface area contributed by atoms with E-state index < -0.39 is 5.60 Å². The molecule has 0 aliphatic rings. The largest absolute Gasteiger partial charge is 0.497 e. The summed E-state index contributed by atoms with van der Waals surface area (Å²) in [6.07, 6.45) is 3.33. The lowest BCUT2D eigenvalue weighted by Crippen LogP contribution is -2.20. The third-order valence-electron chi connectivity index (χ3n) is 4.09. The maximum Gasteiger partial charge on any atom is 0.170 e. The molecule has 134 valence electrons. The van der Waals surface area contributed by atoms with Crippen molar-refractivity contribution in [1.29, 1.82) is 0 Å². The molecule has 0 saturated heterocycles. The summed E-state index contributed by atoms with van der Waals surface area (Å²) in [5.74, 6) is 6.36. The zero-order valence-electron chi connectivity index (χ0n) is 14.9. The highest BCUT2D eigenvalue weighted by molar-refractivity contribution is 5.55. The molecule has 0 aliphatic heterocycles. The van der Waals surface area contributed by atoms with Crippen molar-refractivity contribution in [2.24, 2.45) is 0 Å². The van der Waals surface area contributed by atoms with E-state index in [0.717, 1.165) is 11.1 Å². The van der Waals surface area contributed by atoms with E-state index in [1.807, 2.05) is 30.3 Å². The first-order chi connectivity index (χ1) is 13.1. The summed E-state index contributed by atoms with van der Waals surface area (Å²) in [6, 6.07) is 22.6. The van der Waals surface area contributed by atoms with Gasteiger partial charge < -0.3 is 9.84 Å². The summed E-state index contributed by atoms with van der Waals surface area (Å²) in [5.41, 5.74) is 0.686. The van der Waals surface area contributed by atoms with E-state index in [4.69, 9.17) is 4.74 Å². The molecule has 3 aromatic rings. The van der Waals surface area contributed by atoms with Gasteiger partial charge in [0.25, 0.3) is 0 Å². The number of halogens is 1. The van der Waals surface area contributed by atoms with Gasteiger partial charge in [0, 0.05) is 11.1 Å². The fraction of sp³-hybridized carbons (Fsp3) is 0.0833. The molecule has 27 heavy (non-hydrogen) atoms. The van der Waals surface area contributed by atoms with Crippen LogP contribution < -0.4 is 4.74 Å². The Morgan fingerprint density at radius 3 is 2.22 bits per heavy atom. The van der Waals surface area contributed by atoms with E-state index in [2.05, 4.69) is 11.8 Å². The van der Waals surface area contributed by atoms with Gasteiger partial charge in [-0.05, 0) is 48.0 Å². The Bertz CT molecular complexity index is 965. The molecule has 3 heteroatoms. The Morgan fingerprint density at radius 2 is 1.59 bits per heavy atom. The highest BCUT2D eigenvalue weighted by Crippen LogP contribution is 2.26. The average molecular weight is 358 g/mol. The van der Waals surface area contributed by atoms with Crippen molar-refractivity contribution < 1.29 is 14.2 Å². The molecule has 3 rings (SSSR count). The van der Waals surface area contributed by atoms with Gasteiger partial charge in [-0.1, -0.05) is 60.4 Å². The highest BCUT2D eigenvalue weighted by Gasteiger charge is 2.23. The zero-order valence-corrected chi connectivity index (χ0v) is 14.9. The average Bonchev–Trinajstić information content (AvgIpc) is 2.73. The minimum Gasteiger partial charge on any atom is -0.497 e. The van der Waals surface area contributed by atoms with Crippen molar-refractivity contribution >= 4 is 6.08 Å². The van der Waals surface area contributed by atoms with Crippen LogP contribution >= 0.6 is 0 Å². The van der Waals surface area contributed by atoms with Crippen LogP contribution in [0.25, 0.3) is 6.08 Å². The third-order valence-corrected chi connectivity index (χ3v) is 4.09. The molecule has 0 fully saturated rings. The molecule has 1 atom stereocenters. The first-order valence-corrected chi connectivity index (χ1v) is 8.49. The third kappa shape index (κ3) is 4.84. The first kappa shape index (κ1) is 18.4. The molecule has 0 aliphatic carbocycles. The lowest BCUT2D eigenvalue weighted by atomic mass is 9.92. The van der Waals surface area contributed by atoms with E-state index in [9.17, 15) is 9.50 Å². The number of ether oxygens (including phenoxy) is 1. The molecule has 1 unspecified atom stereocenters. The molecular formula is C24H19FO2. The molecule has 0 bridgehead atoms. The minimum absolute atomic E-state index is 0.304. The molecule has 0 heterocycles. The summed E-state index contributed by atoms with van der Waals surface area (Å²) >= 11 is 0. The maximum absolute atomic E-state index is 13.1. The van der Waals surface area contributed by atoms with Crippen molar-refractivity contribution in [3.8, 4) is 17.6 Å². The fourth-order valence-electron chi connectivity index (χ4n) is 2.53. The Balaban J connectivity index is 1.99. The number of aliphatic hydroxyl groups is 1. The fourth-order valence-corrected chi connectivity index (χ4v) is 2.53. The predicted octanol–water partition coefficient (Wildman–Crippen LogP) is 4.79. The first-order valence-electron chi connectivity index (χ1n) is 8.49. The van der Waals surface area contributed by atoms with Crippen LogP contribution in [0.3, 0.4) is 0 Å². The van der Waals surface area contributed by atoms with E-state index in [1.54, 1.807) is 55.7 Å². The summed E-state index contributed by atoms with van der Waals surface area (Å²) in [5, 5.41) is 11.2. The van der Waals surface area contributed by atoms with Gasteiger partial charge in [0.1, 0.15) is 11.6 Å². The predicted molar refractivity (Wildman–Crippen MR) is 106 cm³/mol. The van der Waals surface area contributed by atoms with Crippen molar-refractivity contribution in [3.05, 3.63) is 107 Å². The van der Waals surface area contributed by atoms with Gasteiger partial charge in [-0.15, -0.1) is 0 Å². The second-order valence-electron chi connectivity index (χ2n) is 6.00. The minimum atomic E-state index is -1.50. The van der Waals surface area contributed by atoms with Crippen molar-refractivity contribution in [2.75, 3.05) is 7.11 Å². The van der Waals surface area contributed by atoms with Gasteiger partial charge >= 0.3 is 0 Å². The maximum atomic E-state index is 13.1. The van der Waals surface area contributed by atoms with E-state index >= 15 is 0 Å². The lowest BCUT2D eigenvalue weighted by molar-refractivity contribution is 0.155. The van der Waals surface area contributed by atoms with Crippen LogP contribution in [0.2, 0.25) is 0 Å². The molecule has 3 aromatic carbocycles. The summed E-state index contributed by atoms with van der Waals surface area (Å²) in [4.78, 5) is 0. The number of hydrogen-bond donors (Lipinski definition) is 1.